The predicted octanol–water partition coefficient (Wildman–Crippen LogP) is 4.22. The lowest BCUT2D eigenvalue weighted by Crippen LogP contribution is -2.25. The minimum Gasteiger partial charge on any atom is -0.494 e. The first-order chi connectivity index (χ1) is 13.8. The highest BCUT2D eigenvalue weighted by Crippen LogP contribution is 2.37. The van der Waals surface area contributed by atoms with E-state index in [0.29, 0.717) is 12.1 Å². The molecule has 2 unspecified atom stereocenters. The fourth-order valence-electron chi connectivity index (χ4n) is 4.55. The van der Waals surface area contributed by atoms with Crippen molar-refractivity contribution in [3.05, 3.63) is 52.2 Å². The summed E-state index contributed by atoms with van der Waals surface area (Å²) in [6.45, 7) is 5.12. The summed E-state index contributed by atoms with van der Waals surface area (Å²) >= 11 is 1.72. The van der Waals surface area contributed by atoms with Crippen molar-refractivity contribution in [2.24, 2.45) is 11.8 Å². The van der Waals surface area contributed by atoms with Gasteiger partial charge in [-0.25, -0.2) is 0 Å². The van der Waals surface area contributed by atoms with Gasteiger partial charge in [0, 0.05) is 36.6 Å². The highest BCUT2D eigenvalue weighted by atomic mass is 32.1. The second-order valence-corrected chi connectivity index (χ2v) is 9.05. The number of rotatable bonds is 9. The molecule has 1 amide bonds. The summed E-state index contributed by atoms with van der Waals surface area (Å²) in [7, 11) is 0. The first kappa shape index (κ1) is 19.5. The Morgan fingerprint density at radius 2 is 1.93 bits per heavy atom. The monoisotopic (exact) mass is 398 g/mol. The van der Waals surface area contributed by atoms with Crippen LogP contribution in [0.3, 0.4) is 0 Å². The van der Waals surface area contributed by atoms with Gasteiger partial charge in [0.1, 0.15) is 5.75 Å². The van der Waals surface area contributed by atoms with Crippen LogP contribution >= 0.6 is 11.3 Å². The van der Waals surface area contributed by atoms with Crippen molar-refractivity contribution in [1.29, 1.82) is 0 Å². The Labute approximate surface area is 171 Å². The number of hydrogen-bond donors (Lipinski definition) is 1. The molecule has 150 valence electrons. The number of nitrogens with one attached hydrogen (secondary N) is 1. The van der Waals surface area contributed by atoms with Crippen molar-refractivity contribution in [2.75, 3.05) is 32.8 Å². The lowest BCUT2D eigenvalue weighted by atomic mass is 10.0. The molecule has 1 aliphatic heterocycles. The number of thiophene rings is 1. The smallest absolute Gasteiger partial charge is 0.251 e. The van der Waals surface area contributed by atoms with Crippen molar-refractivity contribution in [3.63, 3.8) is 0 Å². The van der Waals surface area contributed by atoms with E-state index in [1.807, 2.05) is 30.3 Å². The van der Waals surface area contributed by atoms with E-state index < -0.39 is 0 Å². The molecule has 0 spiro atoms. The molecule has 0 bridgehead atoms. The highest BCUT2D eigenvalue weighted by molar-refractivity contribution is 7.09. The average molecular weight is 399 g/mol. The maximum atomic E-state index is 12.2. The summed E-state index contributed by atoms with van der Waals surface area (Å²) in [4.78, 5) is 16.1. The maximum Gasteiger partial charge on any atom is 0.251 e. The largest absolute Gasteiger partial charge is 0.494 e. The number of benzene rings is 1. The summed E-state index contributed by atoms with van der Waals surface area (Å²) in [6, 6.07) is 11.6. The third-order valence-electron chi connectivity index (χ3n) is 6.04. The van der Waals surface area contributed by atoms with E-state index in [-0.39, 0.29) is 5.91 Å². The van der Waals surface area contributed by atoms with Crippen LogP contribution < -0.4 is 10.1 Å². The molecule has 2 heterocycles. The molecule has 1 saturated heterocycles. The lowest BCUT2D eigenvalue weighted by Gasteiger charge is -2.16. The normalized spacial score (nSPS) is 21.6. The van der Waals surface area contributed by atoms with E-state index in [2.05, 4.69) is 21.7 Å². The predicted molar refractivity (Wildman–Crippen MR) is 114 cm³/mol. The van der Waals surface area contributed by atoms with Crippen LogP contribution in [0.15, 0.2) is 41.8 Å². The Bertz CT molecular complexity index is 732. The zero-order valence-electron chi connectivity index (χ0n) is 16.4. The van der Waals surface area contributed by atoms with Crippen LogP contribution in [0.5, 0.6) is 5.75 Å². The highest BCUT2D eigenvalue weighted by Gasteiger charge is 2.35. The summed E-state index contributed by atoms with van der Waals surface area (Å²) in [6.07, 6.45) is 6.25. The SMILES string of the molecule is O=C(NCCc1cccs1)c1ccc(OCCCN2CC3CCCC3C2)cc1. The van der Waals surface area contributed by atoms with Crippen LogP contribution in [-0.4, -0.2) is 43.6 Å². The van der Waals surface area contributed by atoms with Gasteiger partial charge in [-0.1, -0.05) is 12.5 Å². The third-order valence-corrected chi connectivity index (χ3v) is 6.98. The average Bonchev–Trinajstić information content (AvgIpc) is 3.43. The summed E-state index contributed by atoms with van der Waals surface area (Å²) in [5.41, 5.74) is 0.683. The van der Waals surface area contributed by atoms with Gasteiger partial charge in [-0.3, -0.25) is 4.79 Å². The van der Waals surface area contributed by atoms with Gasteiger partial charge >= 0.3 is 0 Å². The van der Waals surface area contributed by atoms with Crippen LogP contribution in [0.1, 0.15) is 40.9 Å². The van der Waals surface area contributed by atoms with Crippen LogP contribution in [0, 0.1) is 11.8 Å². The van der Waals surface area contributed by atoms with Gasteiger partial charge in [-0.2, -0.15) is 0 Å². The van der Waals surface area contributed by atoms with E-state index in [9.17, 15) is 4.79 Å². The molecular formula is C23H30N2O2S. The number of nitrogens with zero attached hydrogens (tertiary/aromatic N) is 1. The molecule has 1 saturated carbocycles. The standard InChI is InChI=1S/C23H30N2O2S/c26-23(24-12-11-22-6-2-15-28-22)18-7-9-21(10-8-18)27-14-3-13-25-16-19-4-1-5-20(19)17-25/h2,6-10,15,19-20H,1,3-5,11-14,16-17H2,(H,24,26). The lowest BCUT2D eigenvalue weighted by molar-refractivity contribution is 0.0954. The van der Waals surface area contributed by atoms with Crippen LogP contribution in [-0.2, 0) is 6.42 Å². The fourth-order valence-corrected chi connectivity index (χ4v) is 5.26. The van der Waals surface area contributed by atoms with Crippen molar-refractivity contribution >= 4 is 17.2 Å². The molecule has 2 aromatic rings. The number of fused-ring (bicyclic) bond motifs is 1. The van der Waals surface area contributed by atoms with Gasteiger partial charge < -0.3 is 15.0 Å². The topological polar surface area (TPSA) is 41.6 Å². The molecule has 1 N–H and O–H groups in total. The summed E-state index contributed by atoms with van der Waals surface area (Å²) < 4.78 is 5.87. The van der Waals surface area contributed by atoms with Crippen LogP contribution in [0.4, 0.5) is 0 Å². The zero-order chi connectivity index (χ0) is 19.2. The molecule has 2 aliphatic rings. The quantitative estimate of drug-likeness (QED) is 0.643. The van der Waals surface area contributed by atoms with Gasteiger partial charge in [0.05, 0.1) is 6.61 Å². The van der Waals surface area contributed by atoms with Crippen molar-refractivity contribution in [1.82, 2.24) is 10.2 Å². The zero-order valence-corrected chi connectivity index (χ0v) is 17.3. The van der Waals surface area contributed by atoms with Crippen LogP contribution in [0.2, 0.25) is 0 Å². The summed E-state index contributed by atoms with van der Waals surface area (Å²) in [5, 5.41) is 5.04. The Hall–Kier alpha value is -1.85. The number of hydrogen-bond acceptors (Lipinski definition) is 4. The van der Waals surface area contributed by atoms with E-state index in [0.717, 1.165) is 43.6 Å². The number of likely N-dealkylation sites (tertiary alicyclic amines) is 1. The molecule has 1 aromatic heterocycles. The number of carbonyl (C=O) groups is 1. The van der Waals surface area contributed by atoms with E-state index in [4.69, 9.17) is 4.74 Å². The van der Waals surface area contributed by atoms with Gasteiger partial charge in [0.2, 0.25) is 0 Å². The summed E-state index contributed by atoms with van der Waals surface area (Å²) in [5.74, 6) is 2.74. The Kier molecular flexibility index (Phi) is 6.65. The first-order valence-corrected chi connectivity index (χ1v) is 11.4. The van der Waals surface area contributed by atoms with Crippen molar-refractivity contribution < 1.29 is 9.53 Å². The molecular weight excluding hydrogens is 368 g/mol. The van der Waals surface area contributed by atoms with E-state index in [1.165, 1.54) is 37.2 Å². The fraction of sp³-hybridized carbons (Fsp3) is 0.522. The number of ether oxygens (including phenoxy) is 1. The second-order valence-electron chi connectivity index (χ2n) is 8.02. The third kappa shape index (κ3) is 5.15. The van der Waals surface area contributed by atoms with Gasteiger partial charge in [-0.05, 0) is 73.2 Å². The molecule has 5 heteroatoms. The molecule has 2 fully saturated rings. The Morgan fingerprint density at radius 1 is 1.14 bits per heavy atom. The molecule has 2 atom stereocenters. The molecule has 1 aliphatic carbocycles. The van der Waals surface area contributed by atoms with Gasteiger partial charge in [0.25, 0.3) is 5.91 Å². The van der Waals surface area contributed by atoms with E-state index >= 15 is 0 Å². The minimum atomic E-state index is -0.0253. The molecule has 1 aromatic carbocycles. The second kappa shape index (κ2) is 9.57. The van der Waals surface area contributed by atoms with E-state index in [1.54, 1.807) is 11.3 Å². The Morgan fingerprint density at radius 3 is 2.64 bits per heavy atom. The molecule has 0 radical (unpaired) electrons. The maximum absolute atomic E-state index is 12.2. The molecule has 28 heavy (non-hydrogen) atoms. The number of carbonyl (C=O) groups excluding carboxylic acids is 1. The van der Waals surface area contributed by atoms with Crippen molar-refractivity contribution in [2.45, 2.75) is 32.1 Å². The van der Waals surface area contributed by atoms with Gasteiger partial charge in [-0.15, -0.1) is 11.3 Å². The molecule has 4 rings (SSSR count). The minimum absolute atomic E-state index is 0.0253. The van der Waals surface area contributed by atoms with Crippen LogP contribution in [0.25, 0.3) is 0 Å². The van der Waals surface area contributed by atoms with Crippen molar-refractivity contribution in [3.8, 4) is 5.75 Å². The molecule has 4 nitrogen and oxygen atoms in total. The van der Waals surface area contributed by atoms with Gasteiger partial charge in [0.15, 0.2) is 0 Å². The number of amides is 1. The first-order valence-electron chi connectivity index (χ1n) is 10.5. The Balaban J connectivity index is 1.13.